The van der Waals surface area contributed by atoms with Crippen LogP contribution >= 0.6 is 25.3 Å². The molecule has 8 amide bonds. The summed E-state index contributed by atoms with van der Waals surface area (Å²) in [5.74, 6) is -8.49. The van der Waals surface area contributed by atoms with E-state index in [4.69, 9.17) is 34.4 Å². The van der Waals surface area contributed by atoms with E-state index >= 15 is 0 Å². The molecule has 10 atom stereocenters. The number of aliphatic carboxylic acids is 1. The molecule has 2 aliphatic rings. The zero-order valence-corrected chi connectivity index (χ0v) is 43.1. The second-order valence-electron chi connectivity index (χ2n) is 18.1. The van der Waals surface area contributed by atoms with Gasteiger partial charge in [0.1, 0.15) is 48.3 Å². The number of aliphatic hydroxyl groups is 1. The summed E-state index contributed by atoms with van der Waals surface area (Å²) in [4.78, 5) is 132. The number of nitrogens with one attached hydrogen (secondary N) is 6. The summed E-state index contributed by atoms with van der Waals surface area (Å²) in [6, 6.07) is -11.2. The number of carboxylic acids is 1. The van der Waals surface area contributed by atoms with Crippen LogP contribution in [0, 0.1) is 5.92 Å². The molecule has 0 aliphatic carbocycles. The van der Waals surface area contributed by atoms with E-state index < -0.39 is 120 Å². The van der Waals surface area contributed by atoms with E-state index in [1.807, 2.05) is 0 Å². The van der Waals surface area contributed by atoms with Crippen LogP contribution < -0.4 is 66.3 Å². The van der Waals surface area contributed by atoms with Crippen molar-refractivity contribution in [2.24, 2.45) is 50.3 Å². The fraction of sp³-hybridized carbons (Fsp3) is 0.744. The third-order valence-corrected chi connectivity index (χ3v) is 12.8. The highest BCUT2D eigenvalue weighted by Gasteiger charge is 2.42. The van der Waals surface area contributed by atoms with E-state index in [0.717, 1.165) is 0 Å². The number of hydrogen-bond acceptors (Lipinski definition) is 16. The smallest absolute Gasteiger partial charge is 0.327 e. The van der Waals surface area contributed by atoms with Gasteiger partial charge in [-0.25, -0.2) is 4.79 Å². The average molecular weight is 1060 g/mol. The highest BCUT2D eigenvalue weighted by Crippen LogP contribution is 2.22. The molecule has 0 spiro atoms. The van der Waals surface area contributed by atoms with Gasteiger partial charge in [-0.2, -0.15) is 25.3 Å². The van der Waals surface area contributed by atoms with Gasteiger partial charge in [-0.05, 0) is 90.0 Å². The van der Waals surface area contributed by atoms with Gasteiger partial charge in [0.25, 0.3) is 0 Å². The van der Waals surface area contributed by atoms with Crippen LogP contribution in [-0.2, 0) is 43.2 Å². The van der Waals surface area contributed by atoms with Crippen LogP contribution in [-0.4, -0.2) is 190 Å². The highest BCUT2D eigenvalue weighted by molar-refractivity contribution is 7.80. The minimum Gasteiger partial charge on any atom is -0.480 e. The molecule has 0 saturated carbocycles. The molecule has 0 unspecified atom stereocenters. The Morgan fingerprint density at radius 2 is 1.03 bits per heavy atom. The molecule has 2 heterocycles. The molecule has 27 nitrogen and oxygen atoms in total. The van der Waals surface area contributed by atoms with Crippen LogP contribution in [0.3, 0.4) is 0 Å². The molecule has 2 aliphatic heterocycles. The SMILES string of the molecule is CC(C)[C@H](NC(=O)[C@H](CCCN=C(N)N)NC(=O)[C@H](CCCN=C(N)N)NC(=O)[C@@H](NC(=O)[C@H](CCCCN)NC(=O)[C@@H]1CCCN1C(=O)[C@@H](N)CS)[C@@H](C)O)C(=O)N1CCC[C@H]1C(=O)N[C@@H](CS)C(=O)O. The largest absolute Gasteiger partial charge is 0.480 e. The molecule has 0 bridgehead atoms. The minimum absolute atomic E-state index is 0.00899. The summed E-state index contributed by atoms with van der Waals surface area (Å²) >= 11 is 8.09. The fourth-order valence-electron chi connectivity index (χ4n) is 8.06. The lowest BCUT2D eigenvalue weighted by molar-refractivity contribution is -0.145. The van der Waals surface area contributed by atoms with Gasteiger partial charge in [0.05, 0.1) is 12.1 Å². The van der Waals surface area contributed by atoms with Crippen molar-refractivity contribution in [2.75, 3.05) is 44.2 Å². The van der Waals surface area contributed by atoms with E-state index in [9.17, 15) is 53.4 Å². The van der Waals surface area contributed by atoms with Crippen LogP contribution in [0.2, 0.25) is 0 Å². The molecule has 2 fully saturated rings. The average Bonchev–Trinajstić information content (AvgIpc) is 4.03. The first kappa shape index (κ1) is 62.5. The maximum absolute atomic E-state index is 14.3. The molecule has 408 valence electrons. The maximum atomic E-state index is 14.3. The van der Waals surface area contributed by atoms with Gasteiger partial charge >= 0.3 is 5.97 Å². The van der Waals surface area contributed by atoms with Crippen LogP contribution in [0.5, 0.6) is 0 Å². The number of likely N-dealkylation sites (tertiary alicyclic amines) is 2. The standard InChI is InChI=1S/C43H78N16O11S2/c1-22(2)31(40(68)59-19-9-14-30(59)37(65)55-28(21-72)41(69)70)56-34(62)27(12-7-17-51-43(48)49)52-33(61)26(11-6-16-50-42(46)47)54-38(66)32(23(3)60)57-35(63)25(10-4-5-15-44)53-36(64)29-13-8-18-58(29)39(67)24(45)20-71/h22-32,60,71-72H,4-21,44-45H2,1-3H3,(H,52,61)(H,53,64)(H,54,66)(H,55,65)(H,56,62)(H,57,63)(H,69,70)(H4,46,47,50)(H4,48,49,51)/t23-,24+,25+,26+,27+,28+,29+,30+,31+,32+/m1/s1. The van der Waals surface area contributed by atoms with Crippen LogP contribution in [0.25, 0.3) is 0 Å². The summed E-state index contributed by atoms with van der Waals surface area (Å²) in [5, 5.41) is 35.8. The van der Waals surface area contributed by atoms with E-state index in [1.54, 1.807) is 13.8 Å². The monoisotopic (exact) mass is 1060 g/mol. The Bertz CT molecular complexity index is 1920. The van der Waals surface area contributed by atoms with Crippen molar-refractivity contribution in [1.82, 2.24) is 41.7 Å². The van der Waals surface area contributed by atoms with Crippen molar-refractivity contribution in [2.45, 2.75) is 152 Å². The number of nitrogens with two attached hydrogens (primary N) is 6. The lowest BCUT2D eigenvalue weighted by Crippen LogP contribution is -2.62. The summed E-state index contributed by atoms with van der Waals surface area (Å²) in [6.07, 6.45) is 0.861. The summed E-state index contributed by atoms with van der Waals surface area (Å²) in [7, 11) is 0. The molecule has 29 heteroatoms. The first-order valence-corrected chi connectivity index (χ1v) is 25.4. The van der Waals surface area contributed by atoms with E-state index in [0.29, 0.717) is 32.1 Å². The van der Waals surface area contributed by atoms with Gasteiger partial charge in [-0.15, -0.1) is 0 Å². The number of guanidine groups is 2. The first-order valence-electron chi connectivity index (χ1n) is 24.1. The summed E-state index contributed by atoms with van der Waals surface area (Å²) < 4.78 is 0. The number of nitrogens with zero attached hydrogens (tertiary/aromatic N) is 4. The fourth-order valence-corrected chi connectivity index (χ4v) is 8.47. The Morgan fingerprint density at radius 1 is 0.597 bits per heavy atom. The van der Waals surface area contributed by atoms with Gasteiger partial charge < -0.3 is 86.3 Å². The molecule has 0 radical (unpaired) electrons. The predicted molar refractivity (Wildman–Crippen MR) is 274 cm³/mol. The predicted octanol–water partition coefficient (Wildman–Crippen LogP) is -5.58. The van der Waals surface area contributed by atoms with Crippen LogP contribution in [0.15, 0.2) is 9.98 Å². The van der Waals surface area contributed by atoms with Gasteiger partial charge in [0.15, 0.2) is 11.9 Å². The normalized spacial score (nSPS) is 18.7. The number of carboxylic acid groups (broad SMARTS) is 1. The molecule has 72 heavy (non-hydrogen) atoms. The second kappa shape index (κ2) is 31.7. The van der Waals surface area contributed by atoms with Gasteiger partial charge in [-0.3, -0.25) is 48.3 Å². The molecule has 2 saturated heterocycles. The van der Waals surface area contributed by atoms with Crippen molar-refractivity contribution in [3.8, 4) is 0 Å². The van der Waals surface area contributed by atoms with Crippen molar-refractivity contribution >= 4 is 90.4 Å². The number of thiol groups is 2. The Balaban J connectivity index is 2.43. The van der Waals surface area contributed by atoms with E-state index in [-0.39, 0.29) is 94.7 Å². The molecule has 20 N–H and O–H groups in total. The zero-order chi connectivity index (χ0) is 54.2. The van der Waals surface area contributed by atoms with Gasteiger partial charge in [0.2, 0.25) is 47.3 Å². The first-order chi connectivity index (χ1) is 34.0. The Morgan fingerprint density at radius 3 is 1.46 bits per heavy atom. The lowest BCUT2D eigenvalue weighted by atomic mass is 10.0. The number of unbranched alkanes of at least 4 members (excludes halogenated alkanes) is 1. The van der Waals surface area contributed by atoms with Crippen molar-refractivity contribution in [3.05, 3.63) is 0 Å². The zero-order valence-electron chi connectivity index (χ0n) is 41.3. The van der Waals surface area contributed by atoms with Gasteiger partial charge in [-0.1, -0.05) is 13.8 Å². The summed E-state index contributed by atoms with van der Waals surface area (Å²) in [6.45, 7) is 5.27. The number of aliphatic hydroxyl groups excluding tert-OH is 1. The second-order valence-corrected chi connectivity index (χ2v) is 18.8. The topological polar surface area (TPSA) is 454 Å². The van der Waals surface area contributed by atoms with Crippen LogP contribution in [0.4, 0.5) is 0 Å². The van der Waals surface area contributed by atoms with Gasteiger partial charge in [0, 0.05) is 37.7 Å². The highest BCUT2D eigenvalue weighted by atomic mass is 32.1. The molecule has 2 rings (SSSR count). The third-order valence-electron chi connectivity index (χ3n) is 12.0. The van der Waals surface area contributed by atoms with E-state index in [1.165, 1.54) is 16.7 Å². The van der Waals surface area contributed by atoms with Crippen LogP contribution in [0.1, 0.15) is 91.4 Å². The molecule has 0 aromatic rings. The third kappa shape index (κ3) is 20.1. The number of rotatable bonds is 31. The molecule has 0 aromatic heterocycles. The number of hydrogen-bond donors (Lipinski definition) is 16. The Labute approximate surface area is 430 Å². The number of aliphatic imine (C=N–C) groups is 2. The molecular formula is C43H78N16O11S2. The molecule has 0 aromatic carbocycles. The number of amides is 8. The minimum atomic E-state index is -1.70. The Kier molecular flexibility index (Phi) is 27.5. The van der Waals surface area contributed by atoms with Crippen molar-refractivity contribution < 1.29 is 53.4 Å². The maximum Gasteiger partial charge on any atom is 0.327 e. The van der Waals surface area contributed by atoms with Crippen molar-refractivity contribution in [1.29, 1.82) is 0 Å². The van der Waals surface area contributed by atoms with Crippen molar-refractivity contribution in [3.63, 3.8) is 0 Å². The molecular weight excluding hydrogens is 981 g/mol. The Hall–Kier alpha value is -5.65. The number of carbonyl (C=O) groups excluding carboxylic acids is 8. The van der Waals surface area contributed by atoms with E-state index in [2.05, 4.69) is 67.1 Å². The quantitative estimate of drug-likeness (QED) is 0.0133. The summed E-state index contributed by atoms with van der Waals surface area (Å²) in [5.41, 5.74) is 33.6. The number of carbonyl (C=O) groups is 9. The lowest BCUT2D eigenvalue weighted by Gasteiger charge is -2.32.